The molecule has 0 spiro atoms. The van der Waals surface area contributed by atoms with Crippen molar-refractivity contribution < 1.29 is 23.8 Å². The zero-order chi connectivity index (χ0) is 21.0. The lowest BCUT2D eigenvalue weighted by Gasteiger charge is -2.16. The van der Waals surface area contributed by atoms with E-state index in [1.807, 2.05) is 30.3 Å². The first kappa shape index (κ1) is 20.1. The van der Waals surface area contributed by atoms with Crippen molar-refractivity contribution in [1.82, 2.24) is 4.90 Å². The van der Waals surface area contributed by atoms with Crippen molar-refractivity contribution in [2.45, 2.75) is 6.92 Å². The number of rotatable bonds is 7. The van der Waals surface area contributed by atoms with Gasteiger partial charge in [0.2, 0.25) is 5.75 Å². The SMILES string of the molecule is COc1cc(/C=C2\N=C(c3ccccc3)N(CC(C)=O)C2=O)cc(OC)c1OC. The standard InChI is InChI=1S/C22H22N2O5/c1-14(25)13-24-21(16-8-6-5-7-9-16)23-17(22(24)26)10-15-11-18(27-2)20(29-4)19(12-15)28-3/h5-12H,13H2,1-4H3/b17-10-. The maximum atomic E-state index is 13.0. The Balaban J connectivity index is 2.08. The van der Waals surface area contributed by atoms with Crippen LogP contribution in [-0.4, -0.2) is 50.3 Å². The number of ether oxygens (including phenoxy) is 3. The molecule has 0 saturated heterocycles. The van der Waals surface area contributed by atoms with Gasteiger partial charge in [-0.3, -0.25) is 14.5 Å². The quantitative estimate of drug-likeness (QED) is 0.675. The molecular formula is C22H22N2O5. The second kappa shape index (κ2) is 8.60. The van der Waals surface area contributed by atoms with E-state index in [1.165, 1.54) is 33.2 Å². The molecule has 7 heteroatoms. The number of carbonyl (C=O) groups is 2. The van der Waals surface area contributed by atoms with Gasteiger partial charge in [0.25, 0.3) is 5.91 Å². The number of amides is 1. The summed E-state index contributed by atoms with van der Waals surface area (Å²) in [6.45, 7) is 1.40. The molecule has 0 unspecified atom stereocenters. The van der Waals surface area contributed by atoms with Gasteiger partial charge >= 0.3 is 0 Å². The van der Waals surface area contributed by atoms with E-state index in [1.54, 1.807) is 18.2 Å². The molecule has 0 N–H and O–H groups in total. The zero-order valence-corrected chi connectivity index (χ0v) is 16.8. The van der Waals surface area contributed by atoms with E-state index < -0.39 is 0 Å². The minimum absolute atomic E-state index is 0.0425. The Morgan fingerprint density at radius 2 is 1.66 bits per heavy atom. The highest BCUT2D eigenvalue weighted by molar-refractivity contribution is 6.20. The van der Waals surface area contributed by atoms with Crippen LogP contribution in [0.2, 0.25) is 0 Å². The molecule has 2 aromatic carbocycles. The molecule has 0 atom stereocenters. The van der Waals surface area contributed by atoms with Crippen LogP contribution >= 0.6 is 0 Å². The van der Waals surface area contributed by atoms with E-state index in [-0.39, 0.29) is 23.9 Å². The minimum atomic E-state index is -0.340. The summed E-state index contributed by atoms with van der Waals surface area (Å²) in [4.78, 5) is 30.6. The van der Waals surface area contributed by atoms with Crippen molar-refractivity contribution in [3.8, 4) is 17.2 Å². The molecule has 0 fully saturated rings. The van der Waals surface area contributed by atoms with E-state index >= 15 is 0 Å². The molecule has 1 aliphatic heterocycles. The normalized spacial score (nSPS) is 14.8. The number of methoxy groups -OCH3 is 3. The summed E-state index contributed by atoms with van der Waals surface area (Å²) in [5.41, 5.74) is 1.64. The summed E-state index contributed by atoms with van der Waals surface area (Å²) >= 11 is 0. The topological polar surface area (TPSA) is 77.4 Å². The summed E-state index contributed by atoms with van der Waals surface area (Å²) in [6, 6.07) is 12.7. The van der Waals surface area contributed by atoms with Gasteiger partial charge in [-0.05, 0) is 30.7 Å². The van der Waals surface area contributed by atoms with Crippen molar-refractivity contribution in [3.63, 3.8) is 0 Å². The van der Waals surface area contributed by atoms with Gasteiger partial charge in [-0.2, -0.15) is 0 Å². The highest BCUT2D eigenvalue weighted by Crippen LogP contribution is 2.39. The molecule has 1 amide bonds. The zero-order valence-electron chi connectivity index (χ0n) is 16.8. The van der Waals surface area contributed by atoms with E-state index in [4.69, 9.17) is 14.2 Å². The lowest BCUT2D eigenvalue weighted by atomic mass is 10.1. The molecule has 29 heavy (non-hydrogen) atoms. The molecule has 1 heterocycles. The predicted octanol–water partition coefficient (Wildman–Crippen LogP) is 2.93. The maximum Gasteiger partial charge on any atom is 0.278 e. The van der Waals surface area contributed by atoms with Crippen LogP contribution in [0.4, 0.5) is 0 Å². The predicted molar refractivity (Wildman–Crippen MR) is 109 cm³/mol. The van der Waals surface area contributed by atoms with Crippen LogP contribution in [0.3, 0.4) is 0 Å². The molecule has 0 saturated carbocycles. The van der Waals surface area contributed by atoms with Gasteiger partial charge in [0.05, 0.1) is 27.9 Å². The first-order chi connectivity index (χ1) is 14.0. The third-order valence-electron chi connectivity index (χ3n) is 4.35. The number of hydrogen-bond acceptors (Lipinski definition) is 6. The van der Waals surface area contributed by atoms with E-state index in [2.05, 4.69) is 4.99 Å². The molecule has 0 radical (unpaired) electrons. The Morgan fingerprint density at radius 3 is 2.17 bits per heavy atom. The third-order valence-corrected chi connectivity index (χ3v) is 4.35. The number of nitrogens with zero attached hydrogens (tertiary/aromatic N) is 2. The lowest BCUT2D eigenvalue weighted by molar-refractivity contribution is -0.127. The molecule has 0 bridgehead atoms. The number of hydrogen-bond donors (Lipinski definition) is 0. The highest BCUT2D eigenvalue weighted by Gasteiger charge is 2.31. The lowest BCUT2D eigenvalue weighted by Crippen LogP contribution is -2.36. The summed E-state index contributed by atoms with van der Waals surface area (Å²) in [7, 11) is 4.57. The van der Waals surface area contributed by atoms with Crippen LogP contribution in [0.25, 0.3) is 6.08 Å². The summed E-state index contributed by atoms with van der Waals surface area (Å²) < 4.78 is 16.1. The molecule has 0 aliphatic carbocycles. The molecule has 0 aromatic heterocycles. The van der Waals surface area contributed by atoms with Crippen molar-refractivity contribution in [2.24, 2.45) is 4.99 Å². The van der Waals surface area contributed by atoms with Gasteiger partial charge in [-0.15, -0.1) is 0 Å². The smallest absolute Gasteiger partial charge is 0.278 e. The number of aliphatic imine (C=N–C) groups is 1. The fraction of sp³-hybridized carbons (Fsp3) is 0.227. The van der Waals surface area contributed by atoms with Gasteiger partial charge in [0.1, 0.15) is 17.3 Å². The van der Waals surface area contributed by atoms with Crippen LogP contribution in [-0.2, 0) is 9.59 Å². The van der Waals surface area contributed by atoms with Gasteiger partial charge in [-0.1, -0.05) is 30.3 Å². The Hall–Kier alpha value is -3.61. The van der Waals surface area contributed by atoms with Crippen LogP contribution in [0.5, 0.6) is 17.2 Å². The summed E-state index contributed by atoms with van der Waals surface area (Å²) in [5.74, 6) is 1.38. The number of benzene rings is 2. The van der Waals surface area contributed by atoms with Crippen molar-refractivity contribution >= 4 is 23.6 Å². The van der Waals surface area contributed by atoms with E-state index in [0.717, 1.165) is 5.56 Å². The average Bonchev–Trinajstić information content (AvgIpc) is 3.02. The monoisotopic (exact) mass is 394 g/mol. The van der Waals surface area contributed by atoms with Crippen molar-refractivity contribution in [1.29, 1.82) is 0 Å². The summed E-state index contributed by atoms with van der Waals surface area (Å²) in [5, 5.41) is 0. The first-order valence-corrected chi connectivity index (χ1v) is 8.95. The molecule has 7 nitrogen and oxygen atoms in total. The number of carbonyl (C=O) groups excluding carboxylic acids is 2. The van der Waals surface area contributed by atoms with Gasteiger partial charge in [-0.25, -0.2) is 4.99 Å². The highest BCUT2D eigenvalue weighted by atomic mass is 16.5. The third kappa shape index (κ3) is 4.13. The Labute approximate surface area is 169 Å². The maximum absolute atomic E-state index is 13.0. The van der Waals surface area contributed by atoms with Crippen LogP contribution in [0.1, 0.15) is 18.1 Å². The van der Waals surface area contributed by atoms with Crippen LogP contribution < -0.4 is 14.2 Å². The molecule has 150 valence electrons. The van der Waals surface area contributed by atoms with Crippen LogP contribution in [0, 0.1) is 0 Å². The van der Waals surface area contributed by atoms with E-state index in [9.17, 15) is 9.59 Å². The second-order valence-corrected chi connectivity index (χ2v) is 6.38. The number of amidine groups is 1. The molecular weight excluding hydrogens is 372 g/mol. The average molecular weight is 394 g/mol. The molecule has 2 aromatic rings. The van der Waals surface area contributed by atoms with Gasteiger partial charge < -0.3 is 14.2 Å². The van der Waals surface area contributed by atoms with Crippen LogP contribution in [0.15, 0.2) is 53.2 Å². The fourth-order valence-electron chi connectivity index (χ4n) is 3.07. The fourth-order valence-corrected chi connectivity index (χ4v) is 3.07. The second-order valence-electron chi connectivity index (χ2n) is 6.38. The number of ketones is 1. The van der Waals surface area contributed by atoms with Crippen molar-refractivity contribution in [3.05, 3.63) is 59.3 Å². The minimum Gasteiger partial charge on any atom is -0.493 e. The molecule has 3 rings (SSSR count). The Kier molecular flexibility index (Phi) is 5.97. The number of Topliss-reactive ketones (excluding diaryl/α,β-unsaturated/α-hetero) is 1. The Bertz CT molecular complexity index is 971. The van der Waals surface area contributed by atoms with Crippen molar-refractivity contribution in [2.75, 3.05) is 27.9 Å². The first-order valence-electron chi connectivity index (χ1n) is 8.95. The largest absolute Gasteiger partial charge is 0.493 e. The van der Waals surface area contributed by atoms with Gasteiger partial charge in [0, 0.05) is 5.56 Å². The Morgan fingerprint density at radius 1 is 1.03 bits per heavy atom. The van der Waals surface area contributed by atoms with E-state index in [0.29, 0.717) is 28.6 Å². The molecule has 1 aliphatic rings. The summed E-state index contributed by atoms with van der Waals surface area (Å²) in [6.07, 6.45) is 1.63. The van der Waals surface area contributed by atoms with Gasteiger partial charge in [0.15, 0.2) is 11.5 Å².